The summed E-state index contributed by atoms with van der Waals surface area (Å²) in [7, 11) is 0. The Morgan fingerprint density at radius 1 is 1.35 bits per heavy atom. The quantitative estimate of drug-likeness (QED) is 0.865. The van der Waals surface area contributed by atoms with Crippen LogP contribution in [-0.2, 0) is 0 Å². The first-order valence-electron chi connectivity index (χ1n) is 5.06. The number of nitrogens with zero attached hydrogens (tertiary/aromatic N) is 3. The average molecular weight is 294 g/mol. The molecule has 17 heavy (non-hydrogen) atoms. The van der Waals surface area contributed by atoms with Crippen molar-refractivity contribution >= 4 is 21.6 Å². The molecule has 1 N–H and O–H groups in total. The second-order valence-corrected chi connectivity index (χ2v) is 4.41. The second kappa shape index (κ2) is 6.24. The number of halogens is 1. The molecule has 0 aliphatic heterocycles. The number of benzene rings is 1. The van der Waals surface area contributed by atoms with Crippen LogP contribution in [0, 0.1) is 22.7 Å². The first-order chi connectivity index (χ1) is 8.10. The molecule has 0 spiro atoms. The number of nitriles is 2. The first kappa shape index (κ1) is 13.5. The number of rotatable bonds is 4. The van der Waals surface area contributed by atoms with Crippen LogP contribution in [0.15, 0.2) is 22.7 Å². The van der Waals surface area contributed by atoms with Crippen molar-refractivity contribution in [3.63, 3.8) is 0 Å². The number of anilines is 1. The first-order valence-corrected chi connectivity index (χ1v) is 5.85. The maximum atomic E-state index is 9.45. The molecule has 0 unspecified atom stereocenters. The van der Waals surface area contributed by atoms with Crippen LogP contribution < -0.4 is 4.90 Å². The molecule has 0 heterocycles. The number of aliphatic hydroxyl groups excluding tert-OH is 1. The van der Waals surface area contributed by atoms with E-state index >= 15 is 0 Å². The summed E-state index contributed by atoms with van der Waals surface area (Å²) in [5.41, 5.74) is 1.56. The molecule has 0 fully saturated rings. The summed E-state index contributed by atoms with van der Waals surface area (Å²) in [6, 6.07) is 9.41. The lowest BCUT2D eigenvalue weighted by Crippen LogP contribution is -2.24. The molecule has 1 aromatic carbocycles. The maximum Gasteiger partial charge on any atom is 0.107 e. The minimum atomic E-state index is -0.541. The average Bonchev–Trinajstić information content (AvgIpc) is 2.28. The van der Waals surface area contributed by atoms with Crippen LogP contribution in [0.25, 0.3) is 0 Å². The molecule has 0 aromatic heterocycles. The smallest absolute Gasteiger partial charge is 0.107 e. The summed E-state index contributed by atoms with van der Waals surface area (Å²) in [4.78, 5) is 1.66. The second-order valence-electron chi connectivity index (χ2n) is 3.56. The van der Waals surface area contributed by atoms with E-state index in [9.17, 15) is 5.11 Å². The molecule has 0 radical (unpaired) electrons. The molecule has 0 amide bonds. The van der Waals surface area contributed by atoms with E-state index in [0.29, 0.717) is 0 Å². The van der Waals surface area contributed by atoms with Crippen LogP contribution in [0.3, 0.4) is 0 Å². The lowest BCUT2D eigenvalue weighted by atomic mass is 10.1. The van der Waals surface area contributed by atoms with Crippen molar-refractivity contribution in [3.05, 3.63) is 28.2 Å². The summed E-state index contributed by atoms with van der Waals surface area (Å²) in [6.07, 6.45) is -0.541. The topological polar surface area (TPSA) is 71.0 Å². The van der Waals surface area contributed by atoms with Crippen LogP contribution in [0.4, 0.5) is 5.69 Å². The van der Waals surface area contributed by atoms with Crippen LogP contribution in [0.1, 0.15) is 18.6 Å². The van der Waals surface area contributed by atoms with Crippen molar-refractivity contribution in [1.29, 1.82) is 10.5 Å². The molecule has 0 saturated carbocycles. The molecule has 1 aromatic rings. The molecule has 0 bridgehead atoms. The van der Waals surface area contributed by atoms with Crippen LogP contribution in [-0.4, -0.2) is 18.2 Å². The highest BCUT2D eigenvalue weighted by molar-refractivity contribution is 9.10. The Morgan fingerprint density at radius 2 is 1.94 bits per heavy atom. The Morgan fingerprint density at radius 3 is 2.35 bits per heavy atom. The Balaban J connectivity index is 3.05. The van der Waals surface area contributed by atoms with Gasteiger partial charge in [0.05, 0.1) is 23.9 Å². The highest BCUT2D eigenvalue weighted by Crippen LogP contribution is 2.29. The van der Waals surface area contributed by atoms with Gasteiger partial charge < -0.3 is 10.0 Å². The van der Waals surface area contributed by atoms with E-state index in [0.717, 1.165) is 15.7 Å². The van der Waals surface area contributed by atoms with Gasteiger partial charge in [0.15, 0.2) is 0 Å². The molecule has 88 valence electrons. The van der Waals surface area contributed by atoms with Crippen LogP contribution in [0.2, 0.25) is 0 Å². The van der Waals surface area contributed by atoms with Gasteiger partial charge in [-0.1, -0.05) is 6.07 Å². The number of hydrogen-bond acceptors (Lipinski definition) is 4. The van der Waals surface area contributed by atoms with Gasteiger partial charge in [-0.3, -0.25) is 0 Å². The molecule has 4 nitrogen and oxygen atoms in total. The molecule has 1 rings (SSSR count). The predicted molar refractivity (Wildman–Crippen MR) is 68.2 cm³/mol. The monoisotopic (exact) mass is 293 g/mol. The Hall–Kier alpha value is -1.56. The van der Waals surface area contributed by atoms with E-state index in [2.05, 4.69) is 15.9 Å². The minimum absolute atomic E-state index is 0.153. The zero-order valence-corrected chi connectivity index (χ0v) is 11.0. The fraction of sp³-hybridized carbons (Fsp3) is 0.333. The van der Waals surface area contributed by atoms with Crippen molar-refractivity contribution in [2.24, 2.45) is 0 Å². The van der Waals surface area contributed by atoms with Gasteiger partial charge >= 0.3 is 0 Å². The van der Waals surface area contributed by atoms with Gasteiger partial charge in [0.1, 0.15) is 13.1 Å². The van der Waals surface area contributed by atoms with Crippen LogP contribution >= 0.6 is 15.9 Å². The molecule has 1 atom stereocenters. The fourth-order valence-electron chi connectivity index (χ4n) is 1.44. The molecular weight excluding hydrogens is 282 g/mol. The van der Waals surface area contributed by atoms with Crippen molar-refractivity contribution in [2.75, 3.05) is 18.0 Å². The minimum Gasteiger partial charge on any atom is -0.389 e. The summed E-state index contributed by atoms with van der Waals surface area (Å²) >= 11 is 3.38. The van der Waals surface area contributed by atoms with Crippen molar-refractivity contribution in [2.45, 2.75) is 13.0 Å². The summed E-state index contributed by atoms with van der Waals surface area (Å²) in [5.74, 6) is 0. The van der Waals surface area contributed by atoms with E-state index in [1.54, 1.807) is 30.0 Å². The number of hydrogen-bond donors (Lipinski definition) is 1. The standard InChI is InChI=1S/C12H12BrN3O/c1-9(17)10-2-3-12(11(13)8-10)16(6-4-14)7-5-15/h2-3,8-9,17H,6-7H2,1H3/t9-/m0/s1. The molecule has 0 aliphatic carbocycles. The summed E-state index contributed by atoms with van der Waals surface area (Å²) < 4.78 is 0.765. The van der Waals surface area contributed by atoms with Gasteiger partial charge in [-0.15, -0.1) is 0 Å². The van der Waals surface area contributed by atoms with Gasteiger partial charge in [-0.25, -0.2) is 0 Å². The van der Waals surface area contributed by atoms with Gasteiger partial charge in [-0.2, -0.15) is 10.5 Å². The van der Waals surface area contributed by atoms with Gasteiger partial charge in [0.25, 0.3) is 0 Å². The third kappa shape index (κ3) is 3.45. The Bertz CT molecular complexity index is 458. The van der Waals surface area contributed by atoms with Gasteiger partial charge in [-0.05, 0) is 40.5 Å². The van der Waals surface area contributed by atoms with Crippen molar-refractivity contribution < 1.29 is 5.11 Å². The normalized spacial score (nSPS) is 11.4. The third-order valence-corrected chi connectivity index (χ3v) is 2.95. The molecular formula is C12H12BrN3O. The summed E-state index contributed by atoms with van der Waals surface area (Å²) in [6.45, 7) is 1.99. The van der Waals surface area contributed by atoms with Gasteiger partial charge in [0, 0.05) is 4.47 Å². The van der Waals surface area contributed by atoms with E-state index in [4.69, 9.17) is 10.5 Å². The Kier molecular flexibility index (Phi) is 4.96. The largest absolute Gasteiger partial charge is 0.389 e. The summed E-state index contributed by atoms with van der Waals surface area (Å²) in [5, 5.41) is 26.8. The van der Waals surface area contributed by atoms with Crippen molar-refractivity contribution in [1.82, 2.24) is 0 Å². The molecule has 0 saturated heterocycles. The fourth-order valence-corrected chi connectivity index (χ4v) is 2.08. The SMILES string of the molecule is C[C@H](O)c1ccc(N(CC#N)CC#N)c(Br)c1. The lowest BCUT2D eigenvalue weighted by Gasteiger charge is -2.20. The Labute approximate surface area is 109 Å². The molecule has 5 heteroatoms. The van der Waals surface area contributed by atoms with Gasteiger partial charge in [0.2, 0.25) is 0 Å². The lowest BCUT2D eigenvalue weighted by molar-refractivity contribution is 0.199. The maximum absolute atomic E-state index is 9.45. The predicted octanol–water partition coefficient (Wildman–Crippen LogP) is 2.36. The van der Waals surface area contributed by atoms with E-state index in [-0.39, 0.29) is 13.1 Å². The van der Waals surface area contributed by atoms with Crippen LogP contribution in [0.5, 0.6) is 0 Å². The van der Waals surface area contributed by atoms with E-state index in [1.165, 1.54) is 0 Å². The van der Waals surface area contributed by atoms with E-state index in [1.807, 2.05) is 12.1 Å². The third-order valence-electron chi connectivity index (χ3n) is 2.32. The highest BCUT2D eigenvalue weighted by atomic mass is 79.9. The zero-order valence-electron chi connectivity index (χ0n) is 9.39. The highest BCUT2D eigenvalue weighted by Gasteiger charge is 2.11. The number of aliphatic hydroxyl groups is 1. The molecule has 0 aliphatic rings. The zero-order chi connectivity index (χ0) is 12.8. The van der Waals surface area contributed by atoms with E-state index < -0.39 is 6.10 Å². The van der Waals surface area contributed by atoms with Crippen molar-refractivity contribution in [3.8, 4) is 12.1 Å².